The molecule has 0 bridgehead atoms. The van der Waals surface area contributed by atoms with Crippen LogP contribution in [0.3, 0.4) is 0 Å². The zero-order valence-electron chi connectivity index (χ0n) is 25.9. The Morgan fingerprint density at radius 3 is 2.55 bits per heavy atom. The molecule has 1 amide bonds. The van der Waals surface area contributed by atoms with E-state index in [1.165, 1.54) is 10.6 Å². The number of Topliss-reactive ketones (excluding diaryl/α,β-unsaturated/α-hetero) is 1. The highest BCUT2D eigenvalue weighted by Gasteiger charge is 2.38. The van der Waals surface area contributed by atoms with Crippen LogP contribution in [0.1, 0.15) is 73.9 Å². The molecule has 12 heteroatoms. The van der Waals surface area contributed by atoms with Crippen molar-refractivity contribution in [3.63, 3.8) is 0 Å². The first kappa shape index (κ1) is 33.3. The van der Waals surface area contributed by atoms with E-state index in [0.717, 1.165) is 10.0 Å². The lowest BCUT2D eigenvalue weighted by Crippen LogP contribution is -2.45. The molecule has 0 spiro atoms. The molecule has 11 nitrogen and oxygen atoms in total. The molecular formula is C32H40BrN5O6. The first-order valence-electron chi connectivity index (χ1n) is 14.5. The van der Waals surface area contributed by atoms with Crippen molar-refractivity contribution in [1.29, 1.82) is 0 Å². The van der Waals surface area contributed by atoms with Crippen molar-refractivity contribution in [2.24, 2.45) is 0 Å². The minimum Gasteiger partial charge on any atom is -0.479 e. The molecule has 0 aliphatic carbocycles. The molecule has 1 aliphatic rings. The lowest BCUT2D eigenvalue weighted by atomic mass is 9.92. The molecule has 1 atom stereocenters. The molecule has 1 aromatic carbocycles. The van der Waals surface area contributed by atoms with Crippen molar-refractivity contribution < 1.29 is 29.0 Å². The Kier molecular flexibility index (Phi) is 10.3. The van der Waals surface area contributed by atoms with Gasteiger partial charge >= 0.3 is 5.97 Å². The molecule has 4 rings (SSSR count). The summed E-state index contributed by atoms with van der Waals surface area (Å²) >= 11 is 3.40. The van der Waals surface area contributed by atoms with Gasteiger partial charge in [0.1, 0.15) is 5.82 Å². The third-order valence-corrected chi connectivity index (χ3v) is 7.89. The van der Waals surface area contributed by atoms with E-state index in [4.69, 9.17) is 9.47 Å². The fourth-order valence-electron chi connectivity index (χ4n) is 5.23. The fourth-order valence-corrected chi connectivity index (χ4v) is 5.67. The van der Waals surface area contributed by atoms with E-state index in [9.17, 15) is 19.5 Å². The van der Waals surface area contributed by atoms with Crippen LogP contribution in [0, 0.1) is 6.92 Å². The summed E-state index contributed by atoms with van der Waals surface area (Å²) in [5.41, 5.74) is 0.969. The number of fused-ring (bicyclic) bond motifs is 1. The highest BCUT2D eigenvalue weighted by molar-refractivity contribution is 9.10. The van der Waals surface area contributed by atoms with Crippen molar-refractivity contribution in [1.82, 2.24) is 19.9 Å². The smallest absolute Gasteiger partial charge is 0.337 e. The summed E-state index contributed by atoms with van der Waals surface area (Å²) in [6.07, 6.45) is 1.92. The average molecular weight is 671 g/mol. The Morgan fingerprint density at radius 1 is 1.23 bits per heavy atom. The Labute approximate surface area is 265 Å². The molecule has 2 aromatic heterocycles. The zero-order valence-corrected chi connectivity index (χ0v) is 27.4. The van der Waals surface area contributed by atoms with Gasteiger partial charge < -0.3 is 24.8 Å². The summed E-state index contributed by atoms with van der Waals surface area (Å²) in [6.45, 7) is 14.3. The van der Waals surface area contributed by atoms with Crippen LogP contribution in [0.25, 0.3) is 5.65 Å². The number of nitrogens with zero attached hydrogens (tertiary/aromatic N) is 4. The van der Waals surface area contributed by atoms with Gasteiger partial charge in [-0.1, -0.05) is 34.1 Å². The van der Waals surface area contributed by atoms with Gasteiger partial charge in [0.05, 0.1) is 29.9 Å². The van der Waals surface area contributed by atoms with Gasteiger partial charge in [0.2, 0.25) is 0 Å². The van der Waals surface area contributed by atoms with Crippen LogP contribution in [-0.2, 0) is 25.5 Å². The molecular weight excluding hydrogens is 630 g/mol. The number of carbonyl (C=O) groups is 3. The summed E-state index contributed by atoms with van der Waals surface area (Å²) in [5.74, 6) is -1.35. The number of carboxylic acid groups (broad SMARTS) is 1. The van der Waals surface area contributed by atoms with Gasteiger partial charge in [-0.05, 0) is 65.2 Å². The Bertz CT molecular complexity index is 1550. The maximum Gasteiger partial charge on any atom is 0.337 e. The fraction of sp³-hybridized carbons (Fsp3) is 0.469. The summed E-state index contributed by atoms with van der Waals surface area (Å²) in [7, 11) is 0. The number of aliphatic carboxylic acids is 1. The molecule has 3 aromatic rings. The molecule has 1 unspecified atom stereocenters. The number of aromatic nitrogens is 3. The lowest BCUT2D eigenvalue weighted by Gasteiger charge is -2.41. The van der Waals surface area contributed by atoms with Gasteiger partial charge in [-0.15, -0.1) is 6.58 Å². The maximum atomic E-state index is 13.2. The lowest BCUT2D eigenvalue weighted by molar-refractivity contribution is -0.160. The van der Waals surface area contributed by atoms with E-state index in [0.29, 0.717) is 55.3 Å². The molecule has 2 N–H and O–H groups in total. The molecule has 1 saturated heterocycles. The number of ether oxygens (including phenoxy) is 2. The monoisotopic (exact) mass is 669 g/mol. The number of amides is 1. The maximum absolute atomic E-state index is 13.2. The number of nitrogens with one attached hydrogen (secondary N) is 1. The van der Waals surface area contributed by atoms with E-state index in [2.05, 4.69) is 44.8 Å². The average Bonchev–Trinajstić information content (AvgIpc) is 3.37. The van der Waals surface area contributed by atoms with Gasteiger partial charge in [0, 0.05) is 35.7 Å². The number of carbonyl (C=O) groups excluding carboxylic acids is 2. The van der Waals surface area contributed by atoms with E-state index >= 15 is 0 Å². The zero-order chi connectivity index (χ0) is 32.2. The van der Waals surface area contributed by atoms with Crippen LogP contribution in [-0.4, -0.2) is 74.8 Å². The van der Waals surface area contributed by atoms with E-state index < -0.39 is 23.6 Å². The van der Waals surface area contributed by atoms with E-state index in [1.54, 1.807) is 33.8 Å². The second-order valence-corrected chi connectivity index (χ2v) is 13.2. The van der Waals surface area contributed by atoms with Crippen molar-refractivity contribution in [3.8, 4) is 0 Å². The topological polar surface area (TPSA) is 135 Å². The minimum atomic E-state index is -1.33. The molecule has 236 valence electrons. The van der Waals surface area contributed by atoms with Crippen molar-refractivity contribution in [2.75, 3.05) is 31.1 Å². The Hall–Kier alpha value is -3.61. The number of piperidine rings is 1. The van der Waals surface area contributed by atoms with Gasteiger partial charge in [-0.25, -0.2) is 9.78 Å². The number of anilines is 1. The van der Waals surface area contributed by atoms with Crippen molar-refractivity contribution in [2.45, 2.75) is 71.2 Å². The van der Waals surface area contributed by atoms with Gasteiger partial charge in [-0.2, -0.15) is 9.61 Å². The first-order chi connectivity index (χ1) is 20.7. The second kappa shape index (κ2) is 13.6. The number of rotatable bonds is 12. The van der Waals surface area contributed by atoms with Crippen molar-refractivity contribution in [3.05, 3.63) is 70.0 Å². The number of aryl methyl sites for hydroxylation is 1. The summed E-state index contributed by atoms with van der Waals surface area (Å²) in [5, 5.41) is 17.5. The number of hydrogen-bond donors (Lipinski definition) is 2. The molecule has 44 heavy (non-hydrogen) atoms. The SMILES string of the molecule is C=CCOC1(C)CCN(c2c(C(OC(C)(C)C)C(=O)O)c(C)nc3cc(C(=O)NCC(=O)Cc4cccc(Br)c4)nn23)CC1. The third kappa shape index (κ3) is 8.10. The molecule has 0 saturated carbocycles. The molecule has 0 radical (unpaired) electrons. The molecule has 1 fully saturated rings. The van der Waals surface area contributed by atoms with Crippen LogP contribution in [0.5, 0.6) is 0 Å². The number of ketones is 1. The predicted molar refractivity (Wildman–Crippen MR) is 170 cm³/mol. The standard InChI is InChI=1S/C32H40BrN5O6/c1-7-15-43-32(6)11-13-37(14-12-32)29-26(27(30(41)42)44-31(3,4)5)20(2)35-25-18-24(36-38(25)29)28(40)34-19-23(39)17-21-9-8-10-22(33)16-21/h7-10,16,18,27H,1,11-15,17,19H2,2-6H3,(H,34,40)(H,41,42). The van der Waals surface area contributed by atoms with Gasteiger partial charge in [0.15, 0.2) is 23.2 Å². The van der Waals surface area contributed by atoms with Crippen LogP contribution in [0.4, 0.5) is 5.82 Å². The minimum absolute atomic E-state index is 0.0605. The highest BCUT2D eigenvalue weighted by atomic mass is 79.9. The van der Waals surface area contributed by atoms with E-state index in [1.807, 2.05) is 29.2 Å². The van der Waals surface area contributed by atoms with Crippen LogP contribution in [0.2, 0.25) is 0 Å². The molecule has 3 heterocycles. The highest BCUT2D eigenvalue weighted by Crippen LogP contribution is 2.37. The Balaban J connectivity index is 1.67. The van der Waals surface area contributed by atoms with Gasteiger partial charge in [0.25, 0.3) is 5.91 Å². The summed E-state index contributed by atoms with van der Waals surface area (Å²) in [6, 6.07) is 8.97. The van der Waals surface area contributed by atoms with Crippen LogP contribution < -0.4 is 10.2 Å². The first-order valence-corrected chi connectivity index (χ1v) is 15.3. The summed E-state index contributed by atoms with van der Waals surface area (Å²) < 4.78 is 14.5. The predicted octanol–water partition coefficient (Wildman–Crippen LogP) is 4.84. The number of carboxylic acids is 1. The van der Waals surface area contributed by atoms with Gasteiger partial charge in [-0.3, -0.25) is 9.59 Å². The summed E-state index contributed by atoms with van der Waals surface area (Å²) in [4.78, 5) is 45.1. The van der Waals surface area contributed by atoms with Crippen molar-refractivity contribution >= 4 is 45.1 Å². The Morgan fingerprint density at radius 2 is 1.93 bits per heavy atom. The van der Waals surface area contributed by atoms with Crippen LogP contribution >= 0.6 is 15.9 Å². The van der Waals surface area contributed by atoms with E-state index in [-0.39, 0.29) is 30.0 Å². The number of benzene rings is 1. The second-order valence-electron chi connectivity index (χ2n) is 12.2. The largest absolute Gasteiger partial charge is 0.479 e. The normalized spacial score (nSPS) is 15.6. The quantitative estimate of drug-likeness (QED) is 0.260. The van der Waals surface area contributed by atoms with Crippen LogP contribution in [0.15, 0.2) is 47.5 Å². The molecule has 1 aliphatic heterocycles. The third-order valence-electron chi connectivity index (χ3n) is 7.40. The number of halogens is 1. The number of hydrogen-bond acceptors (Lipinski definition) is 8.